The summed E-state index contributed by atoms with van der Waals surface area (Å²) in [4.78, 5) is 13.1. The van der Waals surface area contributed by atoms with Crippen LogP contribution in [0.15, 0.2) is 101 Å². The van der Waals surface area contributed by atoms with Crippen LogP contribution in [0.1, 0.15) is 44.3 Å². The van der Waals surface area contributed by atoms with Crippen LogP contribution in [-0.2, 0) is 6.61 Å². The zero-order valence-corrected chi connectivity index (χ0v) is 22.8. The Morgan fingerprint density at radius 3 is 2.64 bits per heavy atom. The Balaban J connectivity index is 1.28. The summed E-state index contributed by atoms with van der Waals surface area (Å²) in [7, 11) is 0. The fourth-order valence-corrected chi connectivity index (χ4v) is 5.09. The fourth-order valence-electron chi connectivity index (χ4n) is 5.09. The normalized spacial score (nSPS) is 14.2. The number of aryl methyl sites for hydroxylation is 2. The van der Waals surface area contributed by atoms with Crippen molar-refractivity contribution in [3.8, 4) is 23.3 Å². The van der Waals surface area contributed by atoms with Gasteiger partial charge >= 0.3 is 5.97 Å². The minimum absolute atomic E-state index is 0.0443. The van der Waals surface area contributed by atoms with Crippen LogP contribution in [0.4, 0.5) is 4.39 Å². The number of halogens is 1. The van der Waals surface area contributed by atoms with E-state index in [4.69, 9.17) is 24.4 Å². The van der Waals surface area contributed by atoms with E-state index in [1.807, 2.05) is 38.1 Å². The lowest BCUT2D eigenvalue weighted by atomic mass is 9.83. The maximum Gasteiger partial charge on any atom is 0.379 e. The summed E-state index contributed by atoms with van der Waals surface area (Å²) >= 11 is 0. The second-order valence-electron chi connectivity index (χ2n) is 10.0. The van der Waals surface area contributed by atoms with Crippen LogP contribution < -0.4 is 19.9 Å². The number of carbonyl (C=O) groups is 1. The van der Waals surface area contributed by atoms with Gasteiger partial charge in [0, 0.05) is 28.1 Å². The second-order valence-corrected chi connectivity index (χ2v) is 10.0. The number of allylic oxidation sites excluding steroid dienone is 1. The molecule has 2 N–H and O–H groups in total. The SMILES string of the molecule is Cc1ccc2oc(C(=O)Oc3ccc4c(c3)OC(N)=C(C#N)C4c3cccc(OCc4ccccc4F)c3)c(C)c2c1. The molecular weight excluding hydrogens is 535 g/mol. The molecule has 0 radical (unpaired) electrons. The van der Waals surface area contributed by atoms with Crippen LogP contribution in [0.3, 0.4) is 0 Å². The zero-order valence-electron chi connectivity index (χ0n) is 22.8. The molecule has 0 saturated carbocycles. The number of benzene rings is 4. The van der Waals surface area contributed by atoms with Gasteiger partial charge in [-0.3, -0.25) is 0 Å². The summed E-state index contributed by atoms with van der Waals surface area (Å²) in [5, 5.41) is 10.8. The number of nitriles is 1. The summed E-state index contributed by atoms with van der Waals surface area (Å²) in [6.07, 6.45) is 0. The van der Waals surface area contributed by atoms with E-state index in [1.54, 1.807) is 54.6 Å². The highest BCUT2D eigenvalue weighted by atomic mass is 19.1. The number of fused-ring (bicyclic) bond motifs is 2. The average Bonchev–Trinajstić information content (AvgIpc) is 3.31. The van der Waals surface area contributed by atoms with E-state index in [1.165, 1.54) is 6.07 Å². The summed E-state index contributed by atoms with van der Waals surface area (Å²) in [5.41, 5.74) is 10.6. The number of rotatable bonds is 6. The number of nitrogens with zero attached hydrogens (tertiary/aromatic N) is 1. The van der Waals surface area contributed by atoms with Crippen molar-refractivity contribution < 1.29 is 27.8 Å². The lowest BCUT2D eigenvalue weighted by Gasteiger charge is -2.27. The van der Waals surface area contributed by atoms with Crippen molar-refractivity contribution >= 4 is 16.9 Å². The van der Waals surface area contributed by atoms with Crippen LogP contribution in [-0.4, -0.2) is 5.97 Å². The molecule has 1 aromatic heterocycles. The van der Waals surface area contributed by atoms with Gasteiger partial charge < -0.3 is 24.4 Å². The third-order valence-electron chi connectivity index (χ3n) is 7.22. The predicted octanol–water partition coefficient (Wildman–Crippen LogP) is 7.21. The van der Waals surface area contributed by atoms with Crippen molar-refractivity contribution in [3.05, 3.63) is 136 Å². The fraction of sp³-hybridized carbons (Fsp3) is 0.118. The molecule has 8 heteroatoms. The van der Waals surface area contributed by atoms with Gasteiger partial charge in [-0.25, -0.2) is 9.18 Å². The zero-order chi connectivity index (χ0) is 29.4. The molecule has 1 atom stereocenters. The monoisotopic (exact) mass is 560 g/mol. The highest BCUT2D eigenvalue weighted by Crippen LogP contribution is 2.44. The quantitative estimate of drug-likeness (QED) is 0.173. The molecule has 0 bridgehead atoms. The van der Waals surface area contributed by atoms with Crippen molar-refractivity contribution in [2.45, 2.75) is 26.4 Å². The first-order valence-corrected chi connectivity index (χ1v) is 13.2. The summed E-state index contributed by atoms with van der Waals surface area (Å²) in [5.74, 6) is -0.431. The molecule has 0 saturated heterocycles. The van der Waals surface area contributed by atoms with E-state index in [0.717, 1.165) is 16.5 Å². The molecule has 1 aliphatic rings. The predicted molar refractivity (Wildman–Crippen MR) is 154 cm³/mol. The van der Waals surface area contributed by atoms with Gasteiger partial charge in [-0.05, 0) is 55.8 Å². The molecule has 42 heavy (non-hydrogen) atoms. The molecular formula is C34H25FN2O5. The Hall–Kier alpha value is -5.55. The first kappa shape index (κ1) is 26.7. The third kappa shape index (κ3) is 4.93. The number of furan rings is 1. The molecule has 0 amide bonds. The van der Waals surface area contributed by atoms with Gasteiger partial charge in [0.15, 0.2) is 0 Å². The van der Waals surface area contributed by atoms with Crippen LogP contribution in [0.25, 0.3) is 11.0 Å². The minimum Gasteiger partial charge on any atom is -0.489 e. The Morgan fingerprint density at radius 1 is 1.00 bits per heavy atom. The maximum atomic E-state index is 14.1. The molecule has 0 aliphatic carbocycles. The van der Waals surface area contributed by atoms with Crippen molar-refractivity contribution in [1.29, 1.82) is 5.26 Å². The second kappa shape index (κ2) is 10.8. The lowest BCUT2D eigenvalue weighted by Crippen LogP contribution is -2.21. The Morgan fingerprint density at radius 2 is 1.83 bits per heavy atom. The molecule has 5 aromatic rings. The number of hydrogen-bond acceptors (Lipinski definition) is 7. The highest BCUT2D eigenvalue weighted by molar-refractivity contribution is 5.97. The molecule has 7 nitrogen and oxygen atoms in total. The van der Waals surface area contributed by atoms with Crippen LogP contribution in [0.2, 0.25) is 0 Å². The van der Waals surface area contributed by atoms with Crippen LogP contribution in [0, 0.1) is 31.0 Å². The van der Waals surface area contributed by atoms with E-state index in [2.05, 4.69) is 6.07 Å². The molecule has 6 rings (SSSR count). The van der Waals surface area contributed by atoms with Gasteiger partial charge in [0.1, 0.15) is 46.9 Å². The Bertz CT molecular complexity index is 1930. The average molecular weight is 561 g/mol. The number of hydrogen-bond donors (Lipinski definition) is 1. The topological polar surface area (TPSA) is 108 Å². The molecule has 0 spiro atoms. The molecule has 1 aliphatic heterocycles. The molecule has 208 valence electrons. The highest BCUT2D eigenvalue weighted by Gasteiger charge is 2.31. The third-order valence-corrected chi connectivity index (χ3v) is 7.22. The van der Waals surface area contributed by atoms with Gasteiger partial charge in [-0.1, -0.05) is 48.0 Å². The van der Waals surface area contributed by atoms with Crippen molar-refractivity contribution in [1.82, 2.24) is 0 Å². The van der Waals surface area contributed by atoms with Crippen LogP contribution >= 0.6 is 0 Å². The standard InChI is InChI=1S/C34H25FN2O5/c1-19-10-13-29-26(14-19)20(2)32(41-29)34(38)40-24-11-12-25-30(16-24)42-33(37)27(17-36)31(25)21-7-5-8-23(15-21)39-18-22-6-3-4-9-28(22)35/h3-16,31H,18,37H2,1-2H3. The number of ether oxygens (including phenoxy) is 3. The number of nitrogens with two attached hydrogens (primary N) is 1. The van der Waals surface area contributed by atoms with E-state index >= 15 is 0 Å². The molecule has 0 fully saturated rings. The number of carbonyl (C=O) groups excluding carboxylic acids is 1. The van der Waals surface area contributed by atoms with Crippen molar-refractivity contribution in [2.24, 2.45) is 5.73 Å². The Labute approximate surface area is 241 Å². The Kier molecular flexibility index (Phi) is 6.85. The van der Waals surface area contributed by atoms with Crippen molar-refractivity contribution in [3.63, 3.8) is 0 Å². The summed E-state index contributed by atoms with van der Waals surface area (Å²) in [6.45, 7) is 3.82. The molecule has 4 aromatic carbocycles. The maximum absolute atomic E-state index is 14.1. The minimum atomic E-state index is -0.644. The van der Waals surface area contributed by atoms with E-state index in [-0.39, 0.29) is 35.4 Å². The van der Waals surface area contributed by atoms with Gasteiger partial charge in [0.2, 0.25) is 11.6 Å². The van der Waals surface area contributed by atoms with Gasteiger partial charge in [0.25, 0.3) is 0 Å². The summed E-state index contributed by atoms with van der Waals surface area (Å²) < 4.78 is 37.2. The van der Waals surface area contributed by atoms with E-state index in [0.29, 0.717) is 33.8 Å². The van der Waals surface area contributed by atoms with Gasteiger partial charge in [-0.2, -0.15) is 5.26 Å². The molecule has 2 heterocycles. The number of esters is 1. The first-order valence-electron chi connectivity index (χ1n) is 13.2. The van der Waals surface area contributed by atoms with Gasteiger partial charge in [0.05, 0.1) is 5.92 Å². The molecule has 1 unspecified atom stereocenters. The largest absolute Gasteiger partial charge is 0.489 e. The smallest absolute Gasteiger partial charge is 0.379 e. The lowest BCUT2D eigenvalue weighted by molar-refractivity contribution is 0.0702. The van der Waals surface area contributed by atoms with E-state index < -0.39 is 11.9 Å². The van der Waals surface area contributed by atoms with Crippen molar-refractivity contribution in [2.75, 3.05) is 0 Å². The summed E-state index contributed by atoms with van der Waals surface area (Å²) in [6, 6.07) is 26.4. The first-order chi connectivity index (χ1) is 20.3. The van der Waals surface area contributed by atoms with E-state index in [9.17, 15) is 14.4 Å². The van der Waals surface area contributed by atoms with Crippen LogP contribution in [0.5, 0.6) is 17.2 Å². The van der Waals surface area contributed by atoms with Gasteiger partial charge in [-0.15, -0.1) is 0 Å².